The number of ether oxygens (including phenoxy) is 1. The van der Waals surface area contributed by atoms with Crippen LogP contribution >= 0.6 is 0 Å². The maximum absolute atomic E-state index is 13.1. The Kier molecular flexibility index (Phi) is 3.38. The van der Waals surface area contributed by atoms with Crippen molar-refractivity contribution in [2.24, 2.45) is 5.73 Å². The van der Waals surface area contributed by atoms with Crippen LogP contribution in [-0.4, -0.2) is 18.8 Å². The van der Waals surface area contributed by atoms with E-state index in [1.807, 2.05) is 0 Å². The monoisotopic (exact) mass is 203 g/mol. The van der Waals surface area contributed by atoms with E-state index in [4.69, 9.17) is 15.6 Å². The molecule has 0 aliphatic carbocycles. The van der Waals surface area contributed by atoms with Crippen molar-refractivity contribution in [3.63, 3.8) is 0 Å². The highest BCUT2D eigenvalue weighted by atomic mass is 19.1. The molecule has 1 atom stereocenters. The van der Waals surface area contributed by atoms with Crippen LogP contribution in [0.5, 0.6) is 5.75 Å². The molecule has 0 spiro atoms. The topological polar surface area (TPSA) is 55.5 Å². The maximum Gasteiger partial charge on any atom is 0.168 e. The third-order valence-electron chi connectivity index (χ3n) is 1.84. The minimum atomic E-state index is -0.852. The third kappa shape index (κ3) is 2.00. The molecule has 3 N–H and O–H groups in total. The Morgan fingerprint density at radius 2 is 2.14 bits per heavy atom. The summed E-state index contributed by atoms with van der Waals surface area (Å²) in [5.74, 6) is -1.71. The Balaban J connectivity index is 3.24. The smallest absolute Gasteiger partial charge is 0.168 e. The quantitative estimate of drug-likeness (QED) is 0.769. The number of halogens is 2. The molecule has 0 amide bonds. The van der Waals surface area contributed by atoms with Gasteiger partial charge in [0.05, 0.1) is 19.8 Å². The predicted octanol–water partition coefficient (Wildman–Crippen LogP) is 0.965. The average Bonchev–Trinajstić information content (AvgIpc) is 2.15. The van der Waals surface area contributed by atoms with Gasteiger partial charge in [-0.1, -0.05) is 0 Å². The first-order chi connectivity index (χ1) is 6.60. The van der Waals surface area contributed by atoms with Gasteiger partial charge in [0.1, 0.15) is 5.82 Å². The first-order valence-electron chi connectivity index (χ1n) is 3.99. The van der Waals surface area contributed by atoms with Crippen molar-refractivity contribution in [3.8, 4) is 5.75 Å². The number of hydrogen-bond acceptors (Lipinski definition) is 3. The normalized spacial score (nSPS) is 12.6. The molecule has 0 heterocycles. The molecule has 0 radical (unpaired) electrons. The van der Waals surface area contributed by atoms with E-state index in [9.17, 15) is 8.78 Å². The summed E-state index contributed by atoms with van der Waals surface area (Å²) in [6.07, 6.45) is 0. The zero-order chi connectivity index (χ0) is 10.7. The Morgan fingerprint density at radius 1 is 1.50 bits per heavy atom. The zero-order valence-corrected chi connectivity index (χ0v) is 7.63. The van der Waals surface area contributed by atoms with Crippen molar-refractivity contribution in [2.75, 3.05) is 13.7 Å². The highest BCUT2D eigenvalue weighted by molar-refractivity contribution is 5.37. The molecule has 1 aromatic carbocycles. The SMILES string of the molecule is COc1c(F)cc(F)cc1[C@H](N)CO. The Morgan fingerprint density at radius 3 is 2.64 bits per heavy atom. The second-order valence-electron chi connectivity index (χ2n) is 2.80. The fraction of sp³-hybridized carbons (Fsp3) is 0.333. The van der Waals surface area contributed by atoms with E-state index in [0.29, 0.717) is 6.07 Å². The Hall–Kier alpha value is -1.20. The molecule has 0 aromatic heterocycles. The first-order valence-corrected chi connectivity index (χ1v) is 3.99. The van der Waals surface area contributed by atoms with E-state index in [-0.39, 0.29) is 11.3 Å². The lowest BCUT2D eigenvalue weighted by Gasteiger charge is -2.13. The third-order valence-corrected chi connectivity index (χ3v) is 1.84. The van der Waals surface area contributed by atoms with Gasteiger partial charge >= 0.3 is 0 Å². The van der Waals surface area contributed by atoms with Crippen molar-refractivity contribution < 1.29 is 18.6 Å². The van der Waals surface area contributed by atoms with Gasteiger partial charge in [-0.25, -0.2) is 8.78 Å². The largest absolute Gasteiger partial charge is 0.493 e. The number of methoxy groups -OCH3 is 1. The van der Waals surface area contributed by atoms with Crippen LogP contribution in [0.25, 0.3) is 0 Å². The van der Waals surface area contributed by atoms with Crippen molar-refractivity contribution in [1.29, 1.82) is 0 Å². The molecule has 5 heteroatoms. The van der Waals surface area contributed by atoms with Crippen LogP contribution < -0.4 is 10.5 Å². The van der Waals surface area contributed by atoms with Crippen LogP contribution in [0.2, 0.25) is 0 Å². The maximum atomic E-state index is 13.1. The number of aliphatic hydroxyl groups excluding tert-OH is 1. The van der Waals surface area contributed by atoms with Gasteiger partial charge in [0.2, 0.25) is 0 Å². The van der Waals surface area contributed by atoms with E-state index in [0.717, 1.165) is 6.07 Å². The van der Waals surface area contributed by atoms with Crippen LogP contribution in [0.3, 0.4) is 0 Å². The molecule has 78 valence electrons. The van der Waals surface area contributed by atoms with E-state index in [2.05, 4.69) is 0 Å². The zero-order valence-electron chi connectivity index (χ0n) is 7.63. The summed E-state index contributed by atoms with van der Waals surface area (Å²) in [5, 5.41) is 8.76. The molecular weight excluding hydrogens is 192 g/mol. The summed E-state index contributed by atoms with van der Waals surface area (Å²) in [4.78, 5) is 0. The first kappa shape index (κ1) is 10.9. The van der Waals surface area contributed by atoms with Gasteiger partial charge in [-0.15, -0.1) is 0 Å². The van der Waals surface area contributed by atoms with E-state index in [1.54, 1.807) is 0 Å². The van der Waals surface area contributed by atoms with Crippen molar-refractivity contribution >= 4 is 0 Å². The van der Waals surface area contributed by atoms with E-state index >= 15 is 0 Å². The highest BCUT2D eigenvalue weighted by Crippen LogP contribution is 2.27. The summed E-state index contributed by atoms with van der Waals surface area (Å²) in [7, 11) is 1.25. The fourth-order valence-corrected chi connectivity index (χ4v) is 1.17. The summed E-state index contributed by atoms with van der Waals surface area (Å²) >= 11 is 0. The van der Waals surface area contributed by atoms with Crippen molar-refractivity contribution in [1.82, 2.24) is 0 Å². The van der Waals surface area contributed by atoms with Gasteiger partial charge in [0.25, 0.3) is 0 Å². The Labute approximate surface area is 80.1 Å². The molecule has 0 aliphatic heterocycles. The minimum absolute atomic E-state index is 0.118. The van der Waals surface area contributed by atoms with Gasteiger partial charge in [0, 0.05) is 11.6 Å². The molecule has 1 aromatic rings. The number of aliphatic hydroxyl groups is 1. The van der Waals surface area contributed by atoms with Crippen LogP contribution in [0.4, 0.5) is 8.78 Å². The van der Waals surface area contributed by atoms with Crippen LogP contribution in [-0.2, 0) is 0 Å². The minimum Gasteiger partial charge on any atom is -0.493 e. The van der Waals surface area contributed by atoms with Crippen molar-refractivity contribution in [2.45, 2.75) is 6.04 Å². The molecule has 1 rings (SSSR count). The molecule has 14 heavy (non-hydrogen) atoms. The van der Waals surface area contributed by atoms with Gasteiger partial charge < -0.3 is 15.6 Å². The molecule has 0 bridgehead atoms. The summed E-state index contributed by atoms with van der Waals surface area (Å²) < 4.78 is 30.6. The lowest BCUT2D eigenvalue weighted by Crippen LogP contribution is -2.16. The molecule has 0 saturated heterocycles. The molecule has 0 saturated carbocycles. The fourth-order valence-electron chi connectivity index (χ4n) is 1.17. The van der Waals surface area contributed by atoms with Gasteiger partial charge in [-0.05, 0) is 6.07 Å². The standard InChI is InChI=1S/C9H11F2NO2/c1-14-9-6(8(12)4-13)2-5(10)3-7(9)11/h2-3,8,13H,4,12H2,1H3/t8-/m1/s1. The molecule has 0 aliphatic rings. The van der Waals surface area contributed by atoms with Crippen LogP contribution in [0.15, 0.2) is 12.1 Å². The van der Waals surface area contributed by atoms with E-state index < -0.39 is 24.3 Å². The van der Waals surface area contributed by atoms with Crippen LogP contribution in [0.1, 0.15) is 11.6 Å². The number of nitrogens with two attached hydrogens (primary N) is 1. The van der Waals surface area contributed by atoms with Crippen LogP contribution in [0, 0.1) is 11.6 Å². The molecule has 3 nitrogen and oxygen atoms in total. The molecule has 0 unspecified atom stereocenters. The summed E-state index contributed by atoms with van der Waals surface area (Å²) in [5.41, 5.74) is 5.56. The molecule has 0 fully saturated rings. The van der Waals surface area contributed by atoms with Gasteiger partial charge in [-0.3, -0.25) is 0 Å². The molecular formula is C9H11F2NO2. The lowest BCUT2D eigenvalue weighted by molar-refractivity contribution is 0.263. The average molecular weight is 203 g/mol. The second kappa shape index (κ2) is 4.34. The lowest BCUT2D eigenvalue weighted by atomic mass is 10.1. The summed E-state index contributed by atoms with van der Waals surface area (Å²) in [6, 6.07) is 0.894. The van der Waals surface area contributed by atoms with Crippen molar-refractivity contribution in [3.05, 3.63) is 29.3 Å². The van der Waals surface area contributed by atoms with Gasteiger partial charge in [-0.2, -0.15) is 0 Å². The predicted molar refractivity (Wildman–Crippen MR) is 46.9 cm³/mol. The number of rotatable bonds is 3. The summed E-state index contributed by atoms with van der Waals surface area (Å²) in [6.45, 7) is -0.404. The second-order valence-corrected chi connectivity index (χ2v) is 2.80. The highest BCUT2D eigenvalue weighted by Gasteiger charge is 2.16. The number of hydrogen-bond donors (Lipinski definition) is 2. The number of benzene rings is 1. The van der Waals surface area contributed by atoms with Gasteiger partial charge in [0.15, 0.2) is 11.6 Å². The van der Waals surface area contributed by atoms with E-state index in [1.165, 1.54) is 7.11 Å². The Bertz CT molecular complexity index is 331.